The summed E-state index contributed by atoms with van der Waals surface area (Å²) in [6, 6.07) is 12.1. The number of piperazine rings is 1. The lowest BCUT2D eigenvalue weighted by Crippen LogP contribution is -2.57. The van der Waals surface area contributed by atoms with Crippen molar-refractivity contribution in [3.05, 3.63) is 54.1 Å². The maximum atomic E-state index is 9.65. The van der Waals surface area contributed by atoms with Gasteiger partial charge in [-0.2, -0.15) is 0 Å². The summed E-state index contributed by atoms with van der Waals surface area (Å²) in [5.41, 5.74) is 2.97. The molecule has 4 heteroatoms. The van der Waals surface area contributed by atoms with E-state index in [0.29, 0.717) is 18.7 Å². The molecule has 4 rings (SSSR count). The Kier molecular flexibility index (Phi) is 8.01. The van der Waals surface area contributed by atoms with E-state index in [0.717, 1.165) is 32.6 Å². The Hall–Kier alpha value is -1.62. The first-order valence-electron chi connectivity index (χ1n) is 12.1. The van der Waals surface area contributed by atoms with Crippen molar-refractivity contribution in [2.45, 2.75) is 57.0 Å². The molecular formula is C26H39N3O. The minimum absolute atomic E-state index is 0.303. The van der Waals surface area contributed by atoms with Crippen molar-refractivity contribution in [2.24, 2.45) is 0 Å². The van der Waals surface area contributed by atoms with Gasteiger partial charge in [-0.05, 0) is 63.6 Å². The molecule has 30 heavy (non-hydrogen) atoms. The summed E-state index contributed by atoms with van der Waals surface area (Å²) in [7, 11) is 0. The van der Waals surface area contributed by atoms with Gasteiger partial charge in [0.05, 0.1) is 0 Å². The second kappa shape index (κ2) is 11.1. The Morgan fingerprint density at radius 1 is 1.00 bits per heavy atom. The number of hydrogen-bond acceptors (Lipinski definition) is 4. The quantitative estimate of drug-likeness (QED) is 0.701. The highest BCUT2D eigenvalue weighted by Crippen LogP contribution is 2.25. The van der Waals surface area contributed by atoms with Gasteiger partial charge in [0.15, 0.2) is 0 Å². The molecule has 0 spiro atoms. The number of para-hydroxylation sites is 1. The Morgan fingerprint density at radius 2 is 1.83 bits per heavy atom. The summed E-state index contributed by atoms with van der Waals surface area (Å²) in [6.45, 7) is 7.25. The first-order valence-corrected chi connectivity index (χ1v) is 12.1. The van der Waals surface area contributed by atoms with Crippen molar-refractivity contribution in [1.82, 2.24) is 9.80 Å². The lowest BCUT2D eigenvalue weighted by Gasteiger charge is -2.47. The van der Waals surface area contributed by atoms with E-state index in [9.17, 15) is 5.11 Å². The number of aliphatic hydroxyl groups excluding tert-OH is 1. The van der Waals surface area contributed by atoms with Crippen LogP contribution in [0.2, 0.25) is 0 Å². The maximum absolute atomic E-state index is 9.65. The van der Waals surface area contributed by atoms with Crippen molar-refractivity contribution in [3.63, 3.8) is 0 Å². The van der Waals surface area contributed by atoms with Crippen LogP contribution in [0.1, 0.15) is 44.9 Å². The molecule has 0 aromatic heterocycles. The van der Waals surface area contributed by atoms with E-state index >= 15 is 0 Å². The Bertz CT molecular complexity index is 693. The van der Waals surface area contributed by atoms with Crippen molar-refractivity contribution in [1.29, 1.82) is 0 Å². The zero-order valence-corrected chi connectivity index (χ0v) is 18.5. The third-order valence-electron chi connectivity index (χ3n) is 7.24. The van der Waals surface area contributed by atoms with Crippen LogP contribution in [0.5, 0.6) is 0 Å². The molecule has 2 heterocycles. The minimum Gasteiger partial charge on any atom is -0.396 e. The summed E-state index contributed by atoms with van der Waals surface area (Å²) >= 11 is 0. The monoisotopic (exact) mass is 409 g/mol. The van der Waals surface area contributed by atoms with Crippen LogP contribution in [-0.4, -0.2) is 72.9 Å². The SMILES string of the molecule is OCCC1CN(C2CCN(c3ccccc3)CC2)CCN1CCCC1=CC=CCC1. The molecule has 2 aliphatic heterocycles. The average molecular weight is 410 g/mol. The fourth-order valence-corrected chi connectivity index (χ4v) is 5.46. The van der Waals surface area contributed by atoms with E-state index in [1.54, 1.807) is 5.57 Å². The van der Waals surface area contributed by atoms with Crippen LogP contribution in [0.4, 0.5) is 5.69 Å². The summed E-state index contributed by atoms with van der Waals surface area (Å²) in [5, 5.41) is 9.65. The van der Waals surface area contributed by atoms with E-state index in [1.165, 1.54) is 57.3 Å². The fourth-order valence-electron chi connectivity index (χ4n) is 5.46. The van der Waals surface area contributed by atoms with Gasteiger partial charge in [0, 0.05) is 57.1 Å². The third kappa shape index (κ3) is 5.75. The number of rotatable bonds is 8. The molecule has 0 amide bonds. The number of piperidine rings is 1. The molecule has 1 aromatic carbocycles. The molecule has 164 valence electrons. The summed E-state index contributed by atoms with van der Waals surface area (Å²) in [5.74, 6) is 0. The summed E-state index contributed by atoms with van der Waals surface area (Å²) < 4.78 is 0. The maximum Gasteiger partial charge on any atom is 0.0446 e. The lowest BCUT2D eigenvalue weighted by atomic mass is 9.98. The van der Waals surface area contributed by atoms with E-state index in [-0.39, 0.29) is 0 Å². The Labute approximate surface area is 182 Å². The predicted molar refractivity (Wildman–Crippen MR) is 126 cm³/mol. The van der Waals surface area contributed by atoms with Crippen LogP contribution < -0.4 is 4.90 Å². The number of benzene rings is 1. The largest absolute Gasteiger partial charge is 0.396 e. The van der Waals surface area contributed by atoms with Gasteiger partial charge in [0.2, 0.25) is 0 Å². The second-order valence-corrected chi connectivity index (χ2v) is 9.15. The van der Waals surface area contributed by atoms with Crippen LogP contribution in [-0.2, 0) is 0 Å². The molecule has 2 fully saturated rings. The molecular weight excluding hydrogens is 370 g/mol. The molecule has 1 unspecified atom stereocenters. The summed E-state index contributed by atoms with van der Waals surface area (Å²) in [6.07, 6.45) is 15.1. The molecule has 1 atom stereocenters. The molecule has 3 aliphatic rings. The fraction of sp³-hybridized carbons (Fsp3) is 0.615. The molecule has 1 N–H and O–H groups in total. The predicted octanol–water partition coefficient (Wildman–Crippen LogP) is 4.08. The van der Waals surface area contributed by atoms with Crippen LogP contribution >= 0.6 is 0 Å². The molecule has 1 aromatic rings. The minimum atomic E-state index is 0.303. The molecule has 0 saturated carbocycles. The normalized spacial score (nSPS) is 24.2. The van der Waals surface area contributed by atoms with Gasteiger partial charge in [0.1, 0.15) is 0 Å². The first-order chi connectivity index (χ1) is 14.8. The third-order valence-corrected chi connectivity index (χ3v) is 7.24. The number of aliphatic hydroxyl groups is 1. The average Bonchev–Trinajstić information content (AvgIpc) is 2.81. The molecule has 0 bridgehead atoms. The van der Waals surface area contributed by atoms with Crippen LogP contribution in [0.3, 0.4) is 0 Å². The molecule has 4 nitrogen and oxygen atoms in total. The number of allylic oxidation sites excluding steroid dienone is 4. The van der Waals surface area contributed by atoms with E-state index in [4.69, 9.17) is 0 Å². The lowest BCUT2D eigenvalue weighted by molar-refractivity contribution is 0.0294. The van der Waals surface area contributed by atoms with Gasteiger partial charge in [-0.1, -0.05) is 42.0 Å². The smallest absolute Gasteiger partial charge is 0.0446 e. The number of hydrogen-bond donors (Lipinski definition) is 1. The highest BCUT2D eigenvalue weighted by Gasteiger charge is 2.32. The van der Waals surface area contributed by atoms with Crippen molar-refractivity contribution < 1.29 is 5.11 Å². The molecule has 2 saturated heterocycles. The van der Waals surface area contributed by atoms with Crippen molar-refractivity contribution in [2.75, 3.05) is 50.8 Å². The highest BCUT2D eigenvalue weighted by atomic mass is 16.3. The van der Waals surface area contributed by atoms with E-state index in [2.05, 4.69) is 63.3 Å². The van der Waals surface area contributed by atoms with Crippen LogP contribution in [0.15, 0.2) is 54.1 Å². The van der Waals surface area contributed by atoms with Crippen molar-refractivity contribution in [3.8, 4) is 0 Å². The Balaban J connectivity index is 1.24. The summed E-state index contributed by atoms with van der Waals surface area (Å²) in [4.78, 5) is 7.92. The topological polar surface area (TPSA) is 30.0 Å². The van der Waals surface area contributed by atoms with Gasteiger partial charge in [-0.25, -0.2) is 0 Å². The second-order valence-electron chi connectivity index (χ2n) is 9.15. The highest BCUT2D eigenvalue weighted by molar-refractivity contribution is 5.46. The van der Waals surface area contributed by atoms with Gasteiger partial charge < -0.3 is 10.0 Å². The van der Waals surface area contributed by atoms with Gasteiger partial charge in [-0.15, -0.1) is 0 Å². The van der Waals surface area contributed by atoms with Crippen LogP contribution in [0, 0.1) is 0 Å². The van der Waals surface area contributed by atoms with Crippen molar-refractivity contribution >= 4 is 5.69 Å². The van der Waals surface area contributed by atoms with Gasteiger partial charge in [-0.3, -0.25) is 9.80 Å². The standard InChI is InChI=1S/C26H39N3O/c30-21-15-26-22-29(20-19-27(26)16-7-10-23-8-3-1-4-9-23)25-13-17-28(18-14-25)24-11-5-2-6-12-24/h1-3,5-6,8,11-12,25-26,30H,4,7,9-10,13-22H2. The zero-order chi connectivity index (χ0) is 20.6. The molecule has 1 aliphatic carbocycles. The van der Waals surface area contributed by atoms with Gasteiger partial charge >= 0.3 is 0 Å². The number of anilines is 1. The Morgan fingerprint density at radius 3 is 2.57 bits per heavy atom. The number of nitrogens with zero attached hydrogens (tertiary/aromatic N) is 3. The zero-order valence-electron chi connectivity index (χ0n) is 18.5. The first kappa shape index (κ1) is 21.6. The van der Waals surface area contributed by atoms with Crippen LogP contribution in [0.25, 0.3) is 0 Å². The van der Waals surface area contributed by atoms with E-state index in [1.807, 2.05) is 0 Å². The van der Waals surface area contributed by atoms with Gasteiger partial charge in [0.25, 0.3) is 0 Å². The molecule has 0 radical (unpaired) electrons. The van der Waals surface area contributed by atoms with E-state index < -0.39 is 0 Å².